The van der Waals surface area contributed by atoms with E-state index in [2.05, 4.69) is 21.2 Å². The van der Waals surface area contributed by atoms with E-state index in [0.29, 0.717) is 19.6 Å². The van der Waals surface area contributed by atoms with E-state index in [4.69, 9.17) is 9.47 Å². The minimum absolute atomic E-state index is 0.108. The number of hydrogen-bond acceptors (Lipinski definition) is 4. The van der Waals surface area contributed by atoms with E-state index in [1.807, 2.05) is 32.2 Å². The molecule has 118 valence electrons. The molecule has 0 radical (unpaired) electrons. The topological polar surface area (TPSA) is 47.6 Å². The van der Waals surface area contributed by atoms with E-state index in [1.54, 1.807) is 0 Å². The van der Waals surface area contributed by atoms with Crippen LogP contribution in [0.3, 0.4) is 0 Å². The van der Waals surface area contributed by atoms with E-state index < -0.39 is 0 Å². The number of nitrogens with one attached hydrogen (secondary N) is 1. The van der Waals surface area contributed by atoms with Crippen molar-refractivity contribution in [3.8, 4) is 5.75 Å². The summed E-state index contributed by atoms with van der Waals surface area (Å²) in [5, 5.41) is 3.13. The number of rotatable bonds is 10. The Kier molecular flexibility index (Phi) is 9.10. The highest BCUT2D eigenvalue weighted by Crippen LogP contribution is 2.22. The first-order valence-electron chi connectivity index (χ1n) is 7.38. The number of halogens is 1. The van der Waals surface area contributed by atoms with Gasteiger partial charge in [-0.3, -0.25) is 4.79 Å². The standard InChI is InChI=1S/C16H24BrNO3/c1-3-20-16(19)7-5-4-6-10-21-14-8-9-15(17)13(11-14)12-18-2/h8-9,11,18H,3-7,10,12H2,1-2H3. The van der Waals surface area contributed by atoms with Gasteiger partial charge in [-0.25, -0.2) is 0 Å². The van der Waals surface area contributed by atoms with Crippen LogP contribution in [0.5, 0.6) is 5.75 Å². The largest absolute Gasteiger partial charge is 0.494 e. The van der Waals surface area contributed by atoms with Crippen molar-refractivity contribution in [2.45, 2.75) is 39.2 Å². The van der Waals surface area contributed by atoms with Crippen LogP contribution < -0.4 is 10.1 Å². The summed E-state index contributed by atoms with van der Waals surface area (Å²) in [7, 11) is 1.92. The predicted octanol–water partition coefficient (Wildman–Crippen LogP) is 3.67. The fourth-order valence-corrected chi connectivity index (χ4v) is 2.32. The van der Waals surface area contributed by atoms with Gasteiger partial charge in [0.25, 0.3) is 0 Å². The molecule has 0 aromatic heterocycles. The zero-order valence-corrected chi connectivity index (χ0v) is 14.4. The van der Waals surface area contributed by atoms with E-state index in [1.165, 1.54) is 5.56 Å². The van der Waals surface area contributed by atoms with Crippen LogP contribution in [0.25, 0.3) is 0 Å². The van der Waals surface area contributed by atoms with E-state index >= 15 is 0 Å². The van der Waals surface area contributed by atoms with Crippen LogP contribution in [0, 0.1) is 0 Å². The van der Waals surface area contributed by atoms with Gasteiger partial charge < -0.3 is 14.8 Å². The van der Waals surface area contributed by atoms with Gasteiger partial charge in [-0.1, -0.05) is 15.9 Å². The second-order valence-corrected chi connectivity index (χ2v) is 5.60. The zero-order chi connectivity index (χ0) is 15.5. The van der Waals surface area contributed by atoms with Gasteiger partial charge in [0.05, 0.1) is 13.2 Å². The summed E-state index contributed by atoms with van der Waals surface area (Å²) >= 11 is 3.52. The molecular formula is C16H24BrNO3. The molecule has 5 heteroatoms. The van der Waals surface area contributed by atoms with Crippen molar-refractivity contribution < 1.29 is 14.3 Å². The molecule has 0 heterocycles. The van der Waals surface area contributed by atoms with Crippen molar-refractivity contribution >= 4 is 21.9 Å². The lowest BCUT2D eigenvalue weighted by molar-refractivity contribution is -0.143. The Bertz CT molecular complexity index is 438. The molecule has 0 saturated heterocycles. The number of benzene rings is 1. The lowest BCUT2D eigenvalue weighted by Gasteiger charge is -2.09. The maximum atomic E-state index is 11.2. The molecule has 0 spiro atoms. The molecule has 1 aromatic rings. The van der Waals surface area contributed by atoms with Gasteiger partial charge in [-0.05, 0) is 57.0 Å². The third kappa shape index (κ3) is 7.48. The highest BCUT2D eigenvalue weighted by Gasteiger charge is 2.03. The molecule has 0 aliphatic carbocycles. The summed E-state index contributed by atoms with van der Waals surface area (Å²) in [5.74, 6) is 0.775. The van der Waals surface area contributed by atoms with Crippen molar-refractivity contribution in [2.75, 3.05) is 20.3 Å². The first-order valence-corrected chi connectivity index (χ1v) is 8.18. The average Bonchev–Trinajstić information content (AvgIpc) is 2.46. The number of unbranched alkanes of at least 4 members (excludes halogenated alkanes) is 2. The molecule has 21 heavy (non-hydrogen) atoms. The molecule has 4 nitrogen and oxygen atoms in total. The summed E-state index contributed by atoms with van der Waals surface area (Å²) in [6.45, 7) is 3.76. The normalized spacial score (nSPS) is 10.4. The second kappa shape index (κ2) is 10.6. The van der Waals surface area contributed by atoms with Gasteiger partial charge in [0.2, 0.25) is 0 Å². The summed E-state index contributed by atoms with van der Waals surface area (Å²) in [4.78, 5) is 11.2. The van der Waals surface area contributed by atoms with Crippen LogP contribution in [0.1, 0.15) is 38.2 Å². The third-order valence-electron chi connectivity index (χ3n) is 2.98. The lowest BCUT2D eigenvalue weighted by atomic mass is 10.2. The van der Waals surface area contributed by atoms with E-state index in [9.17, 15) is 4.79 Å². The highest BCUT2D eigenvalue weighted by atomic mass is 79.9. The van der Waals surface area contributed by atoms with Gasteiger partial charge in [0.1, 0.15) is 5.75 Å². The Labute approximate surface area is 135 Å². The van der Waals surface area contributed by atoms with Crippen LogP contribution in [-0.4, -0.2) is 26.2 Å². The molecule has 0 aliphatic heterocycles. The van der Waals surface area contributed by atoms with Crippen LogP contribution >= 0.6 is 15.9 Å². The minimum atomic E-state index is -0.108. The van der Waals surface area contributed by atoms with Gasteiger partial charge >= 0.3 is 5.97 Å². The molecule has 1 N–H and O–H groups in total. The first-order chi connectivity index (χ1) is 10.2. The Hall–Kier alpha value is -1.07. The quantitative estimate of drug-likeness (QED) is 0.512. The van der Waals surface area contributed by atoms with Crippen LogP contribution in [0.2, 0.25) is 0 Å². The van der Waals surface area contributed by atoms with Gasteiger partial charge in [0.15, 0.2) is 0 Å². The zero-order valence-electron chi connectivity index (χ0n) is 12.8. The predicted molar refractivity (Wildman–Crippen MR) is 87.5 cm³/mol. The fraction of sp³-hybridized carbons (Fsp3) is 0.562. The van der Waals surface area contributed by atoms with Crippen LogP contribution in [-0.2, 0) is 16.1 Å². The Morgan fingerprint density at radius 1 is 1.29 bits per heavy atom. The highest BCUT2D eigenvalue weighted by molar-refractivity contribution is 9.10. The molecule has 0 atom stereocenters. The van der Waals surface area contributed by atoms with Crippen molar-refractivity contribution in [1.29, 1.82) is 0 Å². The molecule has 0 fully saturated rings. The Balaban J connectivity index is 2.21. The van der Waals surface area contributed by atoms with E-state index in [0.717, 1.165) is 36.0 Å². The molecule has 0 saturated carbocycles. The van der Waals surface area contributed by atoms with Gasteiger partial charge in [0, 0.05) is 17.4 Å². The molecule has 0 aliphatic rings. The average molecular weight is 358 g/mol. The number of carbonyl (C=O) groups excluding carboxylic acids is 1. The molecule has 1 rings (SSSR count). The smallest absolute Gasteiger partial charge is 0.305 e. The number of carbonyl (C=O) groups is 1. The van der Waals surface area contributed by atoms with Crippen molar-refractivity contribution in [3.05, 3.63) is 28.2 Å². The summed E-state index contributed by atoms with van der Waals surface area (Å²) in [5.41, 5.74) is 1.18. The molecule has 0 bridgehead atoms. The Morgan fingerprint density at radius 2 is 2.10 bits per heavy atom. The lowest BCUT2D eigenvalue weighted by Crippen LogP contribution is -2.06. The maximum absolute atomic E-state index is 11.2. The van der Waals surface area contributed by atoms with Crippen LogP contribution in [0.15, 0.2) is 22.7 Å². The Morgan fingerprint density at radius 3 is 2.81 bits per heavy atom. The first kappa shape index (κ1) is 18.0. The number of ether oxygens (including phenoxy) is 2. The second-order valence-electron chi connectivity index (χ2n) is 4.75. The van der Waals surface area contributed by atoms with Crippen molar-refractivity contribution in [2.24, 2.45) is 0 Å². The van der Waals surface area contributed by atoms with Crippen molar-refractivity contribution in [1.82, 2.24) is 5.32 Å². The molecule has 0 unspecified atom stereocenters. The SMILES string of the molecule is CCOC(=O)CCCCCOc1ccc(Br)c(CNC)c1. The van der Waals surface area contributed by atoms with Crippen molar-refractivity contribution in [3.63, 3.8) is 0 Å². The van der Waals surface area contributed by atoms with Crippen LogP contribution in [0.4, 0.5) is 0 Å². The summed E-state index contributed by atoms with van der Waals surface area (Å²) in [6.07, 6.45) is 3.27. The summed E-state index contributed by atoms with van der Waals surface area (Å²) < 4.78 is 11.7. The fourth-order valence-electron chi connectivity index (χ4n) is 1.94. The number of esters is 1. The van der Waals surface area contributed by atoms with Gasteiger partial charge in [-0.2, -0.15) is 0 Å². The maximum Gasteiger partial charge on any atom is 0.305 e. The van der Waals surface area contributed by atoms with E-state index in [-0.39, 0.29) is 5.97 Å². The molecule has 1 aromatic carbocycles. The molecule has 0 amide bonds. The monoisotopic (exact) mass is 357 g/mol. The summed E-state index contributed by atoms with van der Waals surface area (Å²) in [6, 6.07) is 6.00. The minimum Gasteiger partial charge on any atom is -0.494 e. The third-order valence-corrected chi connectivity index (χ3v) is 3.76. The van der Waals surface area contributed by atoms with Gasteiger partial charge in [-0.15, -0.1) is 0 Å². The number of hydrogen-bond donors (Lipinski definition) is 1. The molecular weight excluding hydrogens is 334 g/mol.